The minimum Gasteiger partial charge on any atom is -0.394 e. The summed E-state index contributed by atoms with van der Waals surface area (Å²) in [6.07, 6.45) is -0.863. The van der Waals surface area contributed by atoms with Crippen molar-refractivity contribution < 1.29 is 14.9 Å². The van der Waals surface area contributed by atoms with Crippen molar-refractivity contribution in [3.63, 3.8) is 0 Å². The largest absolute Gasteiger partial charge is 0.394 e. The molecule has 18 heavy (non-hydrogen) atoms. The third-order valence-corrected chi connectivity index (χ3v) is 3.28. The molecule has 1 aliphatic heterocycles. The van der Waals surface area contributed by atoms with Crippen LogP contribution < -0.4 is 11.2 Å². The van der Waals surface area contributed by atoms with Crippen LogP contribution in [-0.4, -0.2) is 38.6 Å². The van der Waals surface area contributed by atoms with Crippen LogP contribution in [0.3, 0.4) is 0 Å². The molecule has 7 nitrogen and oxygen atoms in total. The lowest BCUT2D eigenvalue weighted by Crippen LogP contribution is -2.35. The molecular formula is C11H16N2O5. The highest BCUT2D eigenvalue weighted by atomic mass is 16.5. The van der Waals surface area contributed by atoms with Crippen LogP contribution in [0.25, 0.3) is 0 Å². The van der Waals surface area contributed by atoms with E-state index in [4.69, 9.17) is 9.84 Å². The first-order valence-electron chi connectivity index (χ1n) is 5.72. The summed E-state index contributed by atoms with van der Waals surface area (Å²) in [5.74, 6) is -0.356. The normalized spacial score (nSPS) is 31.8. The van der Waals surface area contributed by atoms with Gasteiger partial charge in [-0.15, -0.1) is 0 Å². The second kappa shape index (κ2) is 4.68. The van der Waals surface area contributed by atoms with Crippen LogP contribution in [0.2, 0.25) is 0 Å². The molecule has 1 aromatic rings. The second-order valence-electron chi connectivity index (χ2n) is 4.58. The maximum atomic E-state index is 11.7. The van der Waals surface area contributed by atoms with Gasteiger partial charge in [0.2, 0.25) is 0 Å². The molecule has 0 aliphatic carbocycles. The summed E-state index contributed by atoms with van der Waals surface area (Å²) in [7, 11) is 0. The third-order valence-electron chi connectivity index (χ3n) is 3.28. The zero-order chi connectivity index (χ0) is 13.4. The Morgan fingerprint density at radius 3 is 2.72 bits per heavy atom. The third kappa shape index (κ3) is 2.00. The number of hydrogen-bond acceptors (Lipinski definition) is 5. The summed E-state index contributed by atoms with van der Waals surface area (Å²) in [5, 5.41) is 18.9. The Labute approximate surface area is 103 Å². The molecule has 0 radical (unpaired) electrons. The van der Waals surface area contributed by atoms with E-state index < -0.39 is 29.7 Å². The number of H-pyrrole nitrogens is 1. The predicted molar refractivity (Wildman–Crippen MR) is 62.2 cm³/mol. The van der Waals surface area contributed by atoms with Crippen LogP contribution in [0.4, 0.5) is 0 Å². The van der Waals surface area contributed by atoms with Gasteiger partial charge in [-0.05, 0) is 6.92 Å². The number of ether oxygens (including phenoxy) is 1. The van der Waals surface area contributed by atoms with Gasteiger partial charge in [0, 0.05) is 17.7 Å². The Kier molecular flexibility index (Phi) is 3.38. The molecule has 100 valence electrons. The molecule has 0 aromatic carbocycles. The standard InChI is InChI=1S/C11H16N2O5/c1-5-3-13(11(17)12-9(5)16)10-6(2)8(15)7(4-14)18-10/h3,6-8,10,14-15H,4H2,1-2H3,(H,12,16,17)/t6-,7+,8?,10+/m0/s1. The first-order valence-corrected chi connectivity index (χ1v) is 5.72. The molecule has 7 heteroatoms. The fourth-order valence-electron chi connectivity index (χ4n) is 2.14. The van der Waals surface area contributed by atoms with Crippen molar-refractivity contribution in [1.29, 1.82) is 0 Å². The Bertz CT molecular complexity index is 549. The fraction of sp³-hybridized carbons (Fsp3) is 0.636. The predicted octanol–water partition coefficient (Wildman–Crippen LogP) is -1.27. The van der Waals surface area contributed by atoms with Crippen molar-refractivity contribution >= 4 is 0 Å². The van der Waals surface area contributed by atoms with Gasteiger partial charge in [0.1, 0.15) is 12.3 Å². The lowest BCUT2D eigenvalue weighted by Gasteiger charge is -2.18. The van der Waals surface area contributed by atoms with E-state index in [-0.39, 0.29) is 12.5 Å². The highest BCUT2D eigenvalue weighted by molar-refractivity contribution is 5.02. The Morgan fingerprint density at radius 2 is 2.17 bits per heavy atom. The average Bonchev–Trinajstić information content (AvgIpc) is 2.61. The number of hydrogen-bond donors (Lipinski definition) is 3. The molecule has 1 unspecified atom stereocenters. The van der Waals surface area contributed by atoms with Gasteiger partial charge < -0.3 is 14.9 Å². The molecule has 2 rings (SSSR count). The summed E-state index contributed by atoms with van der Waals surface area (Å²) >= 11 is 0. The van der Waals surface area contributed by atoms with Crippen LogP contribution in [0.5, 0.6) is 0 Å². The first-order chi connectivity index (χ1) is 8.45. The van der Waals surface area contributed by atoms with Crippen LogP contribution >= 0.6 is 0 Å². The molecule has 0 bridgehead atoms. The highest BCUT2D eigenvalue weighted by Crippen LogP contribution is 2.33. The second-order valence-corrected chi connectivity index (χ2v) is 4.58. The van der Waals surface area contributed by atoms with Crippen molar-refractivity contribution in [3.8, 4) is 0 Å². The van der Waals surface area contributed by atoms with Gasteiger partial charge in [0.05, 0.1) is 12.7 Å². The monoisotopic (exact) mass is 256 g/mol. The van der Waals surface area contributed by atoms with Crippen molar-refractivity contribution in [3.05, 3.63) is 32.6 Å². The highest BCUT2D eigenvalue weighted by Gasteiger charge is 2.41. The van der Waals surface area contributed by atoms with Crippen molar-refractivity contribution in [2.24, 2.45) is 5.92 Å². The van der Waals surface area contributed by atoms with Gasteiger partial charge >= 0.3 is 5.69 Å². The number of aliphatic hydroxyl groups excluding tert-OH is 2. The molecule has 1 aromatic heterocycles. The molecule has 0 spiro atoms. The van der Waals surface area contributed by atoms with E-state index in [0.717, 1.165) is 0 Å². The molecule has 1 saturated heterocycles. The number of aromatic nitrogens is 2. The van der Waals surface area contributed by atoms with Crippen LogP contribution in [0.1, 0.15) is 18.7 Å². The smallest absolute Gasteiger partial charge is 0.330 e. The fourth-order valence-corrected chi connectivity index (χ4v) is 2.14. The molecule has 1 aliphatic rings. The first kappa shape index (κ1) is 13.0. The molecule has 0 amide bonds. The molecule has 2 heterocycles. The Hall–Kier alpha value is -1.44. The van der Waals surface area contributed by atoms with Gasteiger partial charge in [-0.3, -0.25) is 14.3 Å². The van der Waals surface area contributed by atoms with E-state index >= 15 is 0 Å². The van der Waals surface area contributed by atoms with Gasteiger partial charge in [-0.1, -0.05) is 6.92 Å². The van der Waals surface area contributed by atoms with Gasteiger partial charge in [0.15, 0.2) is 0 Å². The maximum Gasteiger partial charge on any atom is 0.330 e. The molecular weight excluding hydrogens is 240 g/mol. The van der Waals surface area contributed by atoms with E-state index in [9.17, 15) is 14.7 Å². The maximum absolute atomic E-state index is 11.7. The van der Waals surface area contributed by atoms with E-state index in [2.05, 4.69) is 4.98 Å². The quantitative estimate of drug-likeness (QED) is 0.612. The molecule has 4 atom stereocenters. The van der Waals surface area contributed by atoms with E-state index in [1.807, 2.05) is 0 Å². The zero-order valence-corrected chi connectivity index (χ0v) is 10.2. The van der Waals surface area contributed by atoms with Crippen molar-refractivity contribution in [1.82, 2.24) is 9.55 Å². The minimum atomic E-state index is -0.848. The minimum absolute atomic E-state index is 0.320. The van der Waals surface area contributed by atoms with Gasteiger partial charge in [0.25, 0.3) is 5.56 Å². The van der Waals surface area contributed by atoms with Crippen molar-refractivity contribution in [2.45, 2.75) is 32.3 Å². The Balaban J connectivity index is 2.42. The Morgan fingerprint density at radius 1 is 1.50 bits per heavy atom. The summed E-state index contributed by atoms with van der Waals surface area (Å²) in [4.78, 5) is 25.2. The van der Waals surface area contributed by atoms with E-state index in [0.29, 0.717) is 5.56 Å². The molecule has 3 N–H and O–H groups in total. The number of aromatic amines is 1. The molecule has 1 fully saturated rings. The summed E-state index contributed by atoms with van der Waals surface area (Å²) < 4.78 is 6.67. The average molecular weight is 256 g/mol. The summed E-state index contributed by atoms with van der Waals surface area (Å²) in [6, 6.07) is 0. The number of nitrogens with zero attached hydrogens (tertiary/aromatic N) is 1. The summed E-state index contributed by atoms with van der Waals surface area (Å²) in [6.45, 7) is 2.98. The zero-order valence-electron chi connectivity index (χ0n) is 10.2. The number of aliphatic hydroxyl groups is 2. The number of aryl methyl sites for hydroxylation is 1. The number of rotatable bonds is 2. The lowest BCUT2D eigenvalue weighted by atomic mass is 10.0. The van der Waals surface area contributed by atoms with E-state index in [1.54, 1.807) is 13.8 Å². The van der Waals surface area contributed by atoms with Crippen LogP contribution in [-0.2, 0) is 4.74 Å². The molecule has 0 saturated carbocycles. The topological polar surface area (TPSA) is 105 Å². The lowest BCUT2D eigenvalue weighted by molar-refractivity contribution is -0.0477. The number of nitrogens with one attached hydrogen (secondary N) is 1. The van der Waals surface area contributed by atoms with Gasteiger partial charge in [-0.25, -0.2) is 4.79 Å². The van der Waals surface area contributed by atoms with Crippen molar-refractivity contribution in [2.75, 3.05) is 6.61 Å². The SMILES string of the molecule is Cc1cn([C@@H]2O[C@H](CO)C(O)[C@@H]2C)c(=O)[nH]c1=O. The van der Waals surface area contributed by atoms with Gasteiger partial charge in [-0.2, -0.15) is 0 Å². The van der Waals surface area contributed by atoms with Crippen LogP contribution in [0.15, 0.2) is 15.8 Å². The summed E-state index contributed by atoms with van der Waals surface area (Å²) in [5.41, 5.74) is -0.651. The van der Waals surface area contributed by atoms with E-state index in [1.165, 1.54) is 10.8 Å². The van der Waals surface area contributed by atoms with Crippen LogP contribution in [0, 0.1) is 12.8 Å².